The Labute approximate surface area is 225 Å². The molecule has 1 amide bonds. The molecular formula is C27H34F3N7O2. The van der Waals surface area contributed by atoms with E-state index in [9.17, 15) is 18.0 Å². The fraction of sp³-hybridized carbons (Fsp3) is 0.593. The van der Waals surface area contributed by atoms with Crippen molar-refractivity contribution in [3.63, 3.8) is 0 Å². The van der Waals surface area contributed by atoms with E-state index in [2.05, 4.69) is 49.6 Å². The van der Waals surface area contributed by atoms with Crippen LogP contribution in [0, 0.1) is 0 Å². The van der Waals surface area contributed by atoms with Gasteiger partial charge in [-0.05, 0) is 68.8 Å². The van der Waals surface area contributed by atoms with Crippen molar-refractivity contribution in [3.05, 3.63) is 35.5 Å². The highest BCUT2D eigenvalue weighted by molar-refractivity contribution is 5.68. The maximum atomic E-state index is 13.7. The van der Waals surface area contributed by atoms with Crippen LogP contribution in [0.4, 0.5) is 41.1 Å². The molecule has 2 bridgehead atoms. The summed E-state index contributed by atoms with van der Waals surface area (Å²) in [5.41, 5.74) is 2.28. The van der Waals surface area contributed by atoms with Crippen LogP contribution in [0.2, 0.25) is 0 Å². The molecule has 4 aliphatic rings. The molecular weight excluding hydrogens is 511 g/mol. The van der Waals surface area contributed by atoms with Gasteiger partial charge in [0.2, 0.25) is 5.95 Å². The summed E-state index contributed by atoms with van der Waals surface area (Å²) in [6, 6.07) is 7.44. The van der Waals surface area contributed by atoms with Gasteiger partial charge in [0.15, 0.2) is 0 Å². The molecule has 6 rings (SSSR count). The summed E-state index contributed by atoms with van der Waals surface area (Å²) in [5.74, 6) is 0.271. The standard InChI is InChI=1S/C27H34F3N7O2/c1-35-15-20-12-19(35)16-37(20)18-6-7-23(21(13-18)17-4-5-17)33-25-32-14-22(27(28,29)30)24(34-25)31-8-2-9-36-10-3-11-39-26(36)38/h6-7,13-14,17,19-20H,2-5,8-12,15-16H2,1H3,(H2,31,32,33,34)/t19-,20-/m1/s1. The lowest BCUT2D eigenvalue weighted by molar-refractivity contribution is -0.137. The van der Waals surface area contributed by atoms with Gasteiger partial charge in [0.05, 0.1) is 6.61 Å². The molecule has 2 aromatic rings. The van der Waals surface area contributed by atoms with Gasteiger partial charge >= 0.3 is 12.3 Å². The summed E-state index contributed by atoms with van der Waals surface area (Å²) in [6.07, 6.45) is 0.430. The number of halogens is 3. The lowest BCUT2D eigenvalue weighted by atomic mass is 10.1. The second-order valence-corrected chi connectivity index (χ2v) is 11.0. The highest BCUT2D eigenvalue weighted by Gasteiger charge is 2.42. The number of nitrogens with zero attached hydrogens (tertiary/aromatic N) is 5. The van der Waals surface area contributed by atoms with E-state index >= 15 is 0 Å². The van der Waals surface area contributed by atoms with E-state index in [1.807, 2.05) is 6.07 Å². The molecule has 1 saturated carbocycles. The Morgan fingerprint density at radius 1 is 1.18 bits per heavy atom. The number of carbonyl (C=O) groups is 1. The average Bonchev–Trinajstić information content (AvgIpc) is 3.58. The summed E-state index contributed by atoms with van der Waals surface area (Å²) >= 11 is 0. The lowest BCUT2D eigenvalue weighted by Crippen LogP contribution is -2.44. The first-order valence-electron chi connectivity index (χ1n) is 13.7. The Hall–Kier alpha value is -3.28. The van der Waals surface area contributed by atoms with Crippen molar-refractivity contribution in [1.82, 2.24) is 19.8 Å². The summed E-state index contributed by atoms with van der Waals surface area (Å²) < 4.78 is 46.1. The number of ether oxygens (including phenoxy) is 1. The number of amides is 1. The van der Waals surface area contributed by atoms with Crippen LogP contribution in [0.5, 0.6) is 0 Å². The molecule has 1 aromatic heterocycles. The molecule has 210 valence electrons. The number of hydrogen-bond donors (Lipinski definition) is 2. The van der Waals surface area contributed by atoms with Crippen LogP contribution in [0.3, 0.4) is 0 Å². The van der Waals surface area contributed by atoms with Crippen molar-refractivity contribution in [3.8, 4) is 0 Å². The number of carbonyl (C=O) groups excluding carboxylic acids is 1. The number of nitrogens with one attached hydrogen (secondary N) is 2. The molecule has 2 N–H and O–H groups in total. The summed E-state index contributed by atoms with van der Waals surface area (Å²) in [5, 5.41) is 6.01. The van der Waals surface area contributed by atoms with Crippen molar-refractivity contribution >= 4 is 29.2 Å². The number of fused-ring (bicyclic) bond motifs is 2. The summed E-state index contributed by atoms with van der Waals surface area (Å²) in [4.78, 5) is 26.5. The number of piperazine rings is 1. The molecule has 9 nitrogen and oxygen atoms in total. The van der Waals surface area contributed by atoms with Crippen LogP contribution < -0.4 is 15.5 Å². The minimum atomic E-state index is -4.60. The fourth-order valence-corrected chi connectivity index (χ4v) is 5.94. The molecule has 4 heterocycles. The third-order valence-corrected chi connectivity index (χ3v) is 8.19. The maximum absolute atomic E-state index is 13.7. The van der Waals surface area contributed by atoms with Gasteiger partial charge in [-0.1, -0.05) is 0 Å². The largest absolute Gasteiger partial charge is 0.449 e. The van der Waals surface area contributed by atoms with Crippen LogP contribution in [-0.4, -0.2) is 84.3 Å². The summed E-state index contributed by atoms with van der Waals surface area (Å²) in [6.45, 7) is 3.70. The molecule has 0 unspecified atom stereocenters. The second kappa shape index (κ2) is 10.4. The fourth-order valence-electron chi connectivity index (χ4n) is 5.94. The van der Waals surface area contributed by atoms with E-state index in [-0.39, 0.29) is 24.4 Å². The van der Waals surface area contributed by atoms with E-state index in [0.29, 0.717) is 44.1 Å². The lowest BCUT2D eigenvalue weighted by Gasteiger charge is -2.34. The van der Waals surface area contributed by atoms with Gasteiger partial charge in [-0.25, -0.2) is 9.78 Å². The van der Waals surface area contributed by atoms with Gasteiger partial charge in [-0.15, -0.1) is 0 Å². The Balaban J connectivity index is 1.16. The monoisotopic (exact) mass is 545 g/mol. The van der Waals surface area contributed by atoms with Crippen molar-refractivity contribution in [2.45, 2.75) is 56.3 Å². The zero-order valence-electron chi connectivity index (χ0n) is 22.0. The minimum Gasteiger partial charge on any atom is -0.449 e. The van der Waals surface area contributed by atoms with Gasteiger partial charge < -0.3 is 25.2 Å². The highest BCUT2D eigenvalue weighted by atomic mass is 19.4. The molecule has 12 heteroatoms. The molecule has 3 aliphatic heterocycles. The van der Waals surface area contributed by atoms with Crippen LogP contribution in [-0.2, 0) is 10.9 Å². The van der Waals surface area contributed by atoms with Crippen molar-refractivity contribution in [2.24, 2.45) is 0 Å². The first-order valence-corrected chi connectivity index (χ1v) is 13.7. The van der Waals surface area contributed by atoms with Crippen LogP contribution >= 0.6 is 0 Å². The van der Waals surface area contributed by atoms with E-state index in [0.717, 1.165) is 49.8 Å². The number of likely N-dealkylation sites (tertiary alicyclic amines) is 1. The first kappa shape index (κ1) is 26.0. The molecule has 1 aromatic carbocycles. The molecule has 0 radical (unpaired) electrons. The number of alkyl halides is 3. The predicted octanol–water partition coefficient (Wildman–Crippen LogP) is 4.65. The van der Waals surface area contributed by atoms with Crippen molar-refractivity contribution < 1.29 is 22.7 Å². The van der Waals surface area contributed by atoms with Gasteiger partial charge in [0, 0.05) is 62.4 Å². The molecule has 1 aliphatic carbocycles. The second-order valence-electron chi connectivity index (χ2n) is 11.0. The highest BCUT2D eigenvalue weighted by Crippen LogP contribution is 2.46. The number of likely N-dealkylation sites (N-methyl/N-ethyl adjacent to an activating group) is 1. The quantitative estimate of drug-likeness (QED) is 0.441. The number of aromatic nitrogens is 2. The molecule has 2 atom stereocenters. The zero-order valence-corrected chi connectivity index (χ0v) is 22.0. The Bertz CT molecular complexity index is 1220. The van der Waals surface area contributed by atoms with Crippen molar-refractivity contribution in [2.75, 3.05) is 61.9 Å². The number of anilines is 4. The normalized spacial score (nSPS) is 23.3. The van der Waals surface area contributed by atoms with E-state index in [1.54, 1.807) is 4.90 Å². The van der Waals surface area contributed by atoms with Crippen molar-refractivity contribution in [1.29, 1.82) is 0 Å². The number of cyclic esters (lactones) is 1. The van der Waals surface area contributed by atoms with Gasteiger partial charge in [-0.2, -0.15) is 18.2 Å². The molecule has 39 heavy (non-hydrogen) atoms. The van der Waals surface area contributed by atoms with E-state index in [4.69, 9.17) is 4.74 Å². The topological polar surface area (TPSA) is 85.9 Å². The maximum Gasteiger partial charge on any atom is 0.421 e. The number of rotatable bonds is 9. The van der Waals surface area contributed by atoms with Crippen LogP contribution in [0.15, 0.2) is 24.4 Å². The Morgan fingerprint density at radius 2 is 2.03 bits per heavy atom. The Morgan fingerprint density at radius 3 is 2.72 bits per heavy atom. The van der Waals surface area contributed by atoms with Gasteiger partial charge in [0.25, 0.3) is 0 Å². The third-order valence-electron chi connectivity index (χ3n) is 8.19. The average molecular weight is 546 g/mol. The van der Waals surface area contributed by atoms with Crippen LogP contribution in [0.1, 0.15) is 49.1 Å². The van der Waals surface area contributed by atoms with Crippen LogP contribution in [0.25, 0.3) is 0 Å². The third kappa shape index (κ3) is 5.57. The van der Waals surface area contributed by atoms with Gasteiger partial charge in [0.1, 0.15) is 11.4 Å². The molecule has 3 saturated heterocycles. The Kier molecular flexibility index (Phi) is 6.90. The van der Waals surface area contributed by atoms with E-state index < -0.39 is 11.7 Å². The first-order chi connectivity index (χ1) is 18.8. The van der Waals surface area contributed by atoms with E-state index in [1.165, 1.54) is 12.1 Å². The molecule has 0 spiro atoms. The SMILES string of the molecule is CN1C[C@H]2C[C@@H]1CN2c1ccc(Nc2ncc(C(F)(F)F)c(NCCCN3CCCOC3=O)n2)c(C2CC2)c1. The smallest absolute Gasteiger partial charge is 0.421 e. The molecule has 4 fully saturated rings. The predicted molar refractivity (Wildman–Crippen MR) is 142 cm³/mol. The zero-order chi connectivity index (χ0) is 27.1. The summed E-state index contributed by atoms with van der Waals surface area (Å²) in [7, 11) is 2.18. The van der Waals surface area contributed by atoms with Gasteiger partial charge in [-0.3, -0.25) is 4.90 Å². The number of hydrogen-bond acceptors (Lipinski definition) is 8. The number of benzene rings is 1. The minimum absolute atomic E-state index is 0.113.